The number of fused-ring (bicyclic) bond motifs is 1. The van der Waals surface area contributed by atoms with Crippen molar-refractivity contribution in [3.63, 3.8) is 0 Å². The normalized spacial score (nSPS) is 11.9. The molecule has 2 aromatic heterocycles. The van der Waals surface area contributed by atoms with Crippen molar-refractivity contribution in [1.82, 2.24) is 10.1 Å². The zero-order valence-corrected chi connectivity index (χ0v) is 14.8. The lowest BCUT2D eigenvalue weighted by Crippen LogP contribution is -2.06. The van der Waals surface area contributed by atoms with Crippen LogP contribution >= 0.6 is 0 Å². The van der Waals surface area contributed by atoms with Gasteiger partial charge < -0.3 is 18.9 Å². The van der Waals surface area contributed by atoms with E-state index in [2.05, 4.69) is 15.3 Å². The van der Waals surface area contributed by atoms with E-state index in [0.717, 1.165) is 16.5 Å². The number of aromatic nitrogens is 2. The highest BCUT2D eigenvalue weighted by Crippen LogP contribution is 2.28. The first-order chi connectivity index (χ1) is 13.2. The fraction of sp³-hybridized carbons (Fsp3) is 0.150. The summed E-state index contributed by atoms with van der Waals surface area (Å²) in [6.45, 7) is 4.38. The smallest absolute Gasteiger partial charge is 0.268 e. The van der Waals surface area contributed by atoms with E-state index in [9.17, 15) is 5.21 Å². The third kappa shape index (κ3) is 3.15. The highest BCUT2D eigenvalue weighted by molar-refractivity contribution is 5.85. The number of aryl methyl sites for hydroxylation is 1. The summed E-state index contributed by atoms with van der Waals surface area (Å²) >= 11 is 0. The molecule has 0 saturated carbocycles. The molecule has 0 aliphatic rings. The van der Waals surface area contributed by atoms with E-state index in [1.54, 1.807) is 12.1 Å². The Labute approximate surface area is 154 Å². The van der Waals surface area contributed by atoms with Gasteiger partial charge in [-0.05, 0) is 31.1 Å². The summed E-state index contributed by atoms with van der Waals surface area (Å²) in [5.41, 5.74) is 2.81. The second kappa shape index (κ2) is 6.95. The Balaban J connectivity index is 1.83. The van der Waals surface area contributed by atoms with Gasteiger partial charge in [0.2, 0.25) is 5.82 Å². The molecule has 0 unspecified atom stereocenters. The van der Waals surface area contributed by atoms with Gasteiger partial charge in [-0.25, -0.2) is 0 Å². The SMILES string of the molecule is CCOc1cccc2cc(-c3nc(-c4ccc(C)cc4)no3)c(=NO)oc12. The predicted octanol–water partition coefficient (Wildman–Crippen LogP) is 4.15. The van der Waals surface area contributed by atoms with Crippen molar-refractivity contribution in [2.45, 2.75) is 13.8 Å². The predicted molar refractivity (Wildman–Crippen MR) is 98.2 cm³/mol. The van der Waals surface area contributed by atoms with Crippen molar-refractivity contribution in [3.05, 3.63) is 59.6 Å². The molecule has 4 rings (SSSR count). The molecule has 7 nitrogen and oxygen atoms in total. The van der Waals surface area contributed by atoms with Gasteiger partial charge >= 0.3 is 0 Å². The van der Waals surface area contributed by atoms with Gasteiger partial charge in [0.1, 0.15) is 5.56 Å². The molecular formula is C20H17N3O4. The van der Waals surface area contributed by atoms with Gasteiger partial charge in [0, 0.05) is 10.9 Å². The van der Waals surface area contributed by atoms with Gasteiger partial charge in [0.15, 0.2) is 11.3 Å². The Morgan fingerprint density at radius 1 is 1.15 bits per heavy atom. The Kier molecular flexibility index (Phi) is 4.33. The molecule has 0 atom stereocenters. The minimum absolute atomic E-state index is 0.0336. The average Bonchev–Trinajstić information content (AvgIpc) is 3.18. The Morgan fingerprint density at radius 2 is 1.96 bits per heavy atom. The summed E-state index contributed by atoms with van der Waals surface area (Å²) in [4.78, 5) is 4.41. The maximum Gasteiger partial charge on any atom is 0.268 e. The second-order valence-electron chi connectivity index (χ2n) is 5.96. The van der Waals surface area contributed by atoms with E-state index in [-0.39, 0.29) is 11.4 Å². The van der Waals surface area contributed by atoms with Crippen LogP contribution in [0, 0.1) is 6.92 Å². The van der Waals surface area contributed by atoms with Gasteiger partial charge in [-0.15, -0.1) is 0 Å². The van der Waals surface area contributed by atoms with Gasteiger partial charge in [0.05, 0.1) is 6.61 Å². The maximum atomic E-state index is 9.41. The molecule has 0 amide bonds. The Morgan fingerprint density at radius 3 is 2.70 bits per heavy atom. The first-order valence-electron chi connectivity index (χ1n) is 8.48. The third-order valence-electron chi connectivity index (χ3n) is 4.10. The van der Waals surface area contributed by atoms with E-state index in [1.807, 2.05) is 50.2 Å². The maximum absolute atomic E-state index is 9.41. The van der Waals surface area contributed by atoms with Crippen molar-refractivity contribution >= 4 is 11.0 Å². The van der Waals surface area contributed by atoms with Crippen molar-refractivity contribution in [2.75, 3.05) is 6.61 Å². The minimum atomic E-state index is -0.0336. The van der Waals surface area contributed by atoms with Gasteiger partial charge in [0.25, 0.3) is 11.4 Å². The summed E-state index contributed by atoms with van der Waals surface area (Å²) in [7, 11) is 0. The van der Waals surface area contributed by atoms with Crippen LogP contribution < -0.4 is 10.3 Å². The van der Waals surface area contributed by atoms with Crippen molar-refractivity contribution < 1.29 is 18.9 Å². The number of para-hydroxylation sites is 1. The average molecular weight is 363 g/mol. The molecule has 0 spiro atoms. The number of benzene rings is 2. The lowest BCUT2D eigenvalue weighted by molar-refractivity contribution is 0.274. The molecule has 2 heterocycles. The number of hydrogen-bond donors (Lipinski definition) is 1. The summed E-state index contributed by atoms with van der Waals surface area (Å²) in [5.74, 6) is 1.21. The minimum Gasteiger partial charge on any atom is -0.490 e. The quantitative estimate of drug-likeness (QED) is 0.432. The molecule has 0 radical (unpaired) electrons. The fourth-order valence-electron chi connectivity index (χ4n) is 2.77. The largest absolute Gasteiger partial charge is 0.490 e. The fourth-order valence-corrected chi connectivity index (χ4v) is 2.77. The van der Waals surface area contributed by atoms with Crippen LogP contribution in [-0.2, 0) is 0 Å². The van der Waals surface area contributed by atoms with Crippen LogP contribution in [0.1, 0.15) is 12.5 Å². The lowest BCUT2D eigenvalue weighted by atomic mass is 10.1. The van der Waals surface area contributed by atoms with Crippen molar-refractivity contribution in [2.24, 2.45) is 5.16 Å². The molecule has 27 heavy (non-hydrogen) atoms. The van der Waals surface area contributed by atoms with E-state index in [4.69, 9.17) is 13.7 Å². The van der Waals surface area contributed by atoms with Gasteiger partial charge in [-0.2, -0.15) is 4.98 Å². The number of rotatable bonds is 4. The van der Waals surface area contributed by atoms with Crippen LogP contribution in [0.25, 0.3) is 33.8 Å². The van der Waals surface area contributed by atoms with Crippen LogP contribution in [0.5, 0.6) is 5.75 Å². The molecular weight excluding hydrogens is 346 g/mol. The number of nitrogens with zero attached hydrogens (tertiary/aromatic N) is 3. The van der Waals surface area contributed by atoms with E-state index < -0.39 is 0 Å². The van der Waals surface area contributed by atoms with Crippen molar-refractivity contribution in [3.8, 4) is 28.6 Å². The molecule has 1 N–H and O–H groups in total. The van der Waals surface area contributed by atoms with Gasteiger partial charge in [-0.3, -0.25) is 0 Å². The Hall–Kier alpha value is -3.61. The molecule has 7 heteroatoms. The summed E-state index contributed by atoms with van der Waals surface area (Å²) in [6, 6.07) is 15.1. The van der Waals surface area contributed by atoms with E-state index >= 15 is 0 Å². The molecule has 0 aliphatic heterocycles. The first kappa shape index (κ1) is 16.8. The van der Waals surface area contributed by atoms with E-state index in [1.165, 1.54) is 0 Å². The molecule has 0 bridgehead atoms. The van der Waals surface area contributed by atoms with Crippen LogP contribution in [0.4, 0.5) is 0 Å². The van der Waals surface area contributed by atoms with Crippen LogP contribution in [0.2, 0.25) is 0 Å². The molecule has 136 valence electrons. The molecule has 0 fully saturated rings. The zero-order chi connectivity index (χ0) is 18.8. The Bertz CT molecular complexity index is 1160. The third-order valence-corrected chi connectivity index (χ3v) is 4.10. The summed E-state index contributed by atoms with van der Waals surface area (Å²) in [5, 5.41) is 17.4. The first-order valence-corrected chi connectivity index (χ1v) is 8.48. The summed E-state index contributed by atoms with van der Waals surface area (Å²) in [6.07, 6.45) is 0. The topological polar surface area (TPSA) is 93.9 Å². The second-order valence-corrected chi connectivity index (χ2v) is 5.96. The van der Waals surface area contributed by atoms with Crippen LogP contribution in [-0.4, -0.2) is 22.0 Å². The number of hydrogen-bond acceptors (Lipinski definition) is 7. The monoisotopic (exact) mass is 363 g/mol. The lowest BCUT2D eigenvalue weighted by Gasteiger charge is -2.06. The summed E-state index contributed by atoms with van der Waals surface area (Å²) < 4.78 is 16.7. The van der Waals surface area contributed by atoms with Crippen molar-refractivity contribution in [1.29, 1.82) is 0 Å². The van der Waals surface area contributed by atoms with Crippen LogP contribution in [0.3, 0.4) is 0 Å². The highest BCUT2D eigenvalue weighted by atomic mass is 16.5. The standard InChI is InChI=1S/C20H17N3O4/c1-3-25-16-6-4-5-14-11-15(20(22-24)26-17(14)16)19-21-18(23-27-19)13-9-7-12(2)8-10-13/h4-11,24H,3H2,1-2H3. The highest BCUT2D eigenvalue weighted by Gasteiger charge is 2.17. The van der Waals surface area contributed by atoms with E-state index in [0.29, 0.717) is 29.3 Å². The van der Waals surface area contributed by atoms with Gasteiger partial charge in [-0.1, -0.05) is 47.1 Å². The number of ether oxygens (including phenoxy) is 1. The van der Waals surface area contributed by atoms with Crippen LogP contribution in [0.15, 0.2) is 62.6 Å². The molecule has 0 aliphatic carbocycles. The zero-order valence-electron chi connectivity index (χ0n) is 14.8. The molecule has 2 aromatic carbocycles. The molecule has 4 aromatic rings. The molecule has 0 saturated heterocycles.